The Bertz CT molecular complexity index is 693. The molecule has 154 valence electrons. The van der Waals surface area contributed by atoms with Crippen LogP contribution in [0.5, 0.6) is 0 Å². The second kappa shape index (κ2) is 6.79. The Hall–Kier alpha value is -0.960. The Morgan fingerprint density at radius 3 is 2.57 bits per heavy atom. The van der Waals surface area contributed by atoms with Crippen LogP contribution in [-0.2, 0) is 9.59 Å². The summed E-state index contributed by atoms with van der Waals surface area (Å²) >= 11 is 0. The fourth-order valence-corrected chi connectivity index (χ4v) is 8.17. The quantitative estimate of drug-likeness (QED) is 0.711. The van der Waals surface area contributed by atoms with Gasteiger partial charge in [0.2, 0.25) is 0 Å². The van der Waals surface area contributed by atoms with Crippen LogP contribution in [0.1, 0.15) is 71.6 Å². The Kier molecular flexibility index (Phi) is 4.61. The highest BCUT2D eigenvalue weighted by Gasteiger charge is 2.62. The van der Waals surface area contributed by atoms with Gasteiger partial charge in [-0.3, -0.25) is 9.59 Å². The van der Waals surface area contributed by atoms with E-state index in [-0.39, 0.29) is 16.7 Å². The van der Waals surface area contributed by atoms with Gasteiger partial charge in [0.15, 0.2) is 0 Å². The van der Waals surface area contributed by atoms with Crippen molar-refractivity contribution >= 4 is 11.6 Å². The average Bonchev–Trinajstić information content (AvgIpc) is 3.29. The van der Waals surface area contributed by atoms with Gasteiger partial charge in [-0.15, -0.1) is 0 Å². The van der Waals surface area contributed by atoms with Crippen molar-refractivity contribution in [3.8, 4) is 0 Å². The van der Waals surface area contributed by atoms with Gasteiger partial charge in [-0.1, -0.05) is 26.0 Å². The third kappa shape index (κ3) is 2.79. The van der Waals surface area contributed by atoms with Gasteiger partial charge in [-0.25, -0.2) is 0 Å². The first-order chi connectivity index (χ1) is 13.4. The van der Waals surface area contributed by atoms with E-state index in [1.807, 2.05) is 0 Å². The Morgan fingerprint density at radius 2 is 1.79 bits per heavy atom. The van der Waals surface area contributed by atoms with E-state index in [0.29, 0.717) is 41.2 Å². The van der Waals surface area contributed by atoms with Crippen molar-refractivity contribution in [3.63, 3.8) is 0 Å². The smallest absolute Gasteiger partial charge is 0.139 e. The summed E-state index contributed by atoms with van der Waals surface area (Å²) in [5, 5.41) is 3.44. The van der Waals surface area contributed by atoms with Crippen molar-refractivity contribution < 1.29 is 9.59 Å². The van der Waals surface area contributed by atoms with E-state index in [0.717, 1.165) is 51.6 Å². The van der Waals surface area contributed by atoms with E-state index in [1.165, 1.54) is 19.3 Å². The minimum atomic E-state index is -0.125. The van der Waals surface area contributed by atoms with Crippen LogP contribution in [0.25, 0.3) is 0 Å². The lowest BCUT2D eigenvalue weighted by atomic mass is 9.44. The number of hydrogen-bond donors (Lipinski definition) is 1. The molecule has 8 atom stereocenters. The zero-order valence-electron chi connectivity index (χ0n) is 17.7. The molecule has 3 nitrogen and oxygen atoms in total. The number of rotatable bonds is 2. The zero-order valence-corrected chi connectivity index (χ0v) is 17.7. The molecule has 0 bridgehead atoms. The number of fused-ring (bicyclic) bond motifs is 5. The number of carbonyl (C=O) groups excluding carboxylic acids is 2. The molecule has 5 fully saturated rings. The molecule has 3 heteroatoms. The maximum Gasteiger partial charge on any atom is 0.139 e. The Balaban J connectivity index is 1.34. The first-order valence-electron chi connectivity index (χ1n) is 11.9. The van der Waals surface area contributed by atoms with Gasteiger partial charge in [0.05, 0.1) is 0 Å². The van der Waals surface area contributed by atoms with Crippen molar-refractivity contribution in [2.75, 3.05) is 13.1 Å². The van der Waals surface area contributed by atoms with Crippen molar-refractivity contribution in [1.82, 2.24) is 5.32 Å². The first kappa shape index (κ1) is 19.0. The molecule has 1 saturated heterocycles. The summed E-state index contributed by atoms with van der Waals surface area (Å²) in [6.45, 7) is 6.91. The van der Waals surface area contributed by atoms with Gasteiger partial charge < -0.3 is 5.32 Å². The number of allylic oxidation sites excluding steroid dienone is 1. The molecule has 0 radical (unpaired) electrons. The molecule has 0 aromatic heterocycles. The fraction of sp³-hybridized carbons (Fsp3) is 0.840. The maximum atomic E-state index is 13.4. The van der Waals surface area contributed by atoms with E-state index < -0.39 is 0 Å². The average molecular weight is 384 g/mol. The van der Waals surface area contributed by atoms with Gasteiger partial charge in [0.1, 0.15) is 11.6 Å². The molecule has 4 saturated carbocycles. The standard InChI is InChI=1S/C25H37NO2/c1-24-10-7-16(3-4-17-9-12-26-15-17)13-21(24)22(27)14-18-19-5-6-23(28)25(19,2)11-8-20(18)24/h3-4,16-21,26H,5-15H2,1-2H3/t16-,17+,18+,19+,20+,21?,24-,25+/m1/s1. The summed E-state index contributed by atoms with van der Waals surface area (Å²) < 4.78 is 0. The van der Waals surface area contributed by atoms with E-state index in [2.05, 4.69) is 31.3 Å². The molecule has 1 N–H and O–H groups in total. The summed E-state index contributed by atoms with van der Waals surface area (Å²) in [4.78, 5) is 25.9. The lowest BCUT2D eigenvalue weighted by Gasteiger charge is -2.59. The summed E-state index contributed by atoms with van der Waals surface area (Å²) in [5.74, 6) is 4.11. The summed E-state index contributed by atoms with van der Waals surface area (Å²) in [6.07, 6.45) is 14.4. The minimum Gasteiger partial charge on any atom is -0.316 e. The molecule has 0 spiro atoms. The predicted molar refractivity (Wildman–Crippen MR) is 111 cm³/mol. The fourth-order valence-electron chi connectivity index (χ4n) is 8.17. The van der Waals surface area contributed by atoms with Crippen LogP contribution in [0.4, 0.5) is 0 Å². The molecule has 5 aliphatic rings. The van der Waals surface area contributed by atoms with Gasteiger partial charge in [-0.2, -0.15) is 0 Å². The summed E-state index contributed by atoms with van der Waals surface area (Å²) in [5.41, 5.74) is 0.0477. The van der Waals surface area contributed by atoms with Crippen LogP contribution < -0.4 is 5.32 Å². The molecule has 0 aromatic carbocycles. The van der Waals surface area contributed by atoms with Crippen molar-refractivity contribution in [2.24, 2.45) is 46.3 Å². The van der Waals surface area contributed by atoms with Gasteiger partial charge >= 0.3 is 0 Å². The monoisotopic (exact) mass is 383 g/mol. The highest BCUT2D eigenvalue weighted by molar-refractivity contribution is 5.88. The second-order valence-electron chi connectivity index (χ2n) is 11.2. The number of hydrogen-bond acceptors (Lipinski definition) is 3. The molecule has 28 heavy (non-hydrogen) atoms. The topological polar surface area (TPSA) is 46.2 Å². The second-order valence-corrected chi connectivity index (χ2v) is 11.2. The molecular formula is C25H37NO2. The zero-order chi connectivity index (χ0) is 19.5. The van der Waals surface area contributed by atoms with Crippen LogP contribution in [-0.4, -0.2) is 24.7 Å². The molecule has 4 aliphatic carbocycles. The van der Waals surface area contributed by atoms with Crippen LogP contribution in [0.15, 0.2) is 12.2 Å². The Labute approximate surface area is 170 Å². The highest BCUT2D eigenvalue weighted by Crippen LogP contribution is 2.65. The first-order valence-corrected chi connectivity index (χ1v) is 11.9. The summed E-state index contributed by atoms with van der Waals surface area (Å²) in [7, 11) is 0. The van der Waals surface area contributed by atoms with Gasteiger partial charge in [0.25, 0.3) is 0 Å². The molecule has 5 rings (SSSR count). The van der Waals surface area contributed by atoms with Crippen molar-refractivity contribution in [3.05, 3.63) is 12.2 Å². The largest absolute Gasteiger partial charge is 0.316 e. The third-order valence-electron chi connectivity index (χ3n) is 9.96. The Morgan fingerprint density at radius 1 is 0.964 bits per heavy atom. The molecule has 1 aliphatic heterocycles. The van der Waals surface area contributed by atoms with E-state index in [4.69, 9.17) is 0 Å². The van der Waals surface area contributed by atoms with E-state index in [9.17, 15) is 9.59 Å². The number of Topliss-reactive ketones (excluding diaryl/α,β-unsaturated/α-hetero) is 2. The van der Waals surface area contributed by atoms with E-state index in [1.54, 1.807) is 0 Å². The predicted octanol–water partition coefficient (Wildman–Crippen LogP) is 4.56. The molecule has 0 amide bonds. The van der Waals surface area contributed by atoms with Crippen molar-refractivity contribution in [2.45, 2.75) is 71.6 Å². The molecule has 1 unspecified atom stereocenters. The van der Waals surface area contributed by atoms with Gasteiger partial charge in [0, 0.05) is 30.7 Å². The van der Waals surface area contributed by atoms with Crippen molar-refractivity contribution in [1.29, 1.82) is 0 Å². The van der Waals surface area contributed by atoms with E-state index >= 15 is 0 Å². The molecule has 1 heterocycles. The molecular weight excluding hydrogens is 346 g/mol. The van der Waals surface area contributed by atoms with Crippen LogP contribution in [0, 0.1) is 46.3 Å². The lowest BCUT2D eigenvalue weighted by molar-refractivity contribution is -0.157. The summed E-state index contributed by atoms with van der Waals surface area (Å²) in [6, 6.07) is 0. The normalized spacial score (nSPS) is 51.2. The van der Waals surface area contributed by atoms with Crippen LogP contribution >= 0.6 is 0 Å². The number of nitrogens with one attached hydrogen (secondary N) is 1. The SMILES string of the molecule is C[C@]12CC[C@@H](C=C[C@H]3CCNC3)CC1C(=O)C[C@@H]1[C@@H]2CC[C@]2(C)C(=O)CC[C@@H]12. The number of ketones is 2. The lowest BCUT2D eigenvalue weighted by Crippen LogP contribution is -2.56. The van der Waals surface area contributed by atoms with Gasteiger partial charge in [-0.05, 0) is 86.5 Å². The number of carbonyl (C=O) groups is 2. The highest BCUT2D eigenvalue weighted by atomic mass is 16.1. The third-order valence-corrected chi connectivity index (χ3v) is 9.96. The maximum absolute atomic E-state index is 13.4. The molecule has 0 aromatic rings. The minimum absolute atomic E-state index is 0.125. The van der Waals surface area contributed by atoms with Crippen LogP contribution in [0.3, 0.4) is 0 Å². The van der Waals surface area contributed by atoms with Crippen LogP contribution in [0.2, 0.25) is 0 Å².